The number of aromatic nitrogens is 1. The highest BCUT2D eigenvalue weighted by atomic mass is 35.5. The largest absolute Gasteiger partial charge is 0.379 e. The molecule has 3 aliphatic rings. The van der Waals surface area contributed by atoms with Crippen molar-refractivity contribution in [3.63, 3.8) is 0 Å². The lowest BCUT2D eigenvalue weighted by Gasteiger charge is -2.45. The minimum absolute atomic E-state index is 0.571. The summed E-state index contributed by atoms with van der Waals surface area (Å²) in [5.41, 5.74) is 2.13. The molecule has 1 unspecified atom stereocenters. The molecule has 1 aromatic rings. The van der Waals surface area contributed by atoms with Crippen molar-refractivity contribution in [3.05, 3.63) is 23.0 Å². The Morgan fingerprint density at radius 1 is 1.35 bits per heavy atom. The zero-order valence-corrected chi connectivity index (χ0v) is 10.9. The second-order valence-corrected chi connectivity index (χ2v) is 5.54. The van der Waals surface area contributed by atoms with Gasteiger partial charge in [-0.1, -0.05) is 11.6 Å². The predicted molar refractivity (Wildman–Crippen MR) is 70.6 cm³/mol. The number of piperidine rings is 3. The number of halogens is 1. The molecule has 17 heavy (non-hydrogen) atoms. The van der Waals surface area contributed by atoms with E-state index < -0.39 is 0 Å². The summed E-state index contributed by atoms with van der Waals surface area (Å²) in [7, 11) is 0. The molecule has 4 heterocycles. The molecule has 0 radical (unpaired) electrons. The topological polar surface area (TPSA) is 28.2 Å². The molecule has 2 bridgehead atoms. The van der Waals surface area contributed by atoms with Gasteiger partial charge in [0, 0.05) is 12.6 Å². The Bertz CT molecular complexity index is 413. The summed E-state index contributed by atoms with van der Waals surface area (Å²) in [6.07, 6.45) is 2.66. The molecule has 0 amide bonds. The monoisotopic (exact) mass is 251 g/mol. The molecule has 3 fully saturated rings. The smallest absolute Gasteiger partial charge is 0.129 e. The second-order valence-electron chi connectivity index (χ2n) is 5.16. The number of hydrogen-bond donors (Lipinski definition) is 1. The number of nitrogens with zero attached hydrogens (tertiary/aromatic N) is 2. The van der Waals surface area contributed by atoms with E-state index in [1.54, 1.807) is 0 Å². The lowest BCUT2D eigenvalue weighted by molar-refractivity contribution is 0.0975. The summed E-state index contributed by atoms with van der Waals surface area (Å²) < 4.78 is 0. The molecule has 92 valence electrons. The number of nitrogens with one attached hydrogen (secondary N) is 1. The number of rotatable bonds is 2. The Kier molecular flexibility index (Phi) is 2.97. The van der Waals surface area contributed by atoms with E-state index >= 15 is 0 Å². The molecule has 0 aromatic carbocycles. The van der Waals surface area contributed by atoms with Crippen LogP contribution in [0.4, 0.5) is 5.69 Å². The molecular weight excluding hydrogens is 234 g/mol. The molecule has 1 aromatic heterocycles. The summed E-state index contributed by atoms with van der Waals surface area (Å²) in [6.45, 7) is 5.74. The van der Waals surface area contributed by atoms with E-state index in [4.69, 9.17) is 11.6 Å². The molecule has 1 atom stereocenters. The first-order valence-electron chi connectivity index (χ1n) is 6.34. The van der Waals surface area contributed by atoms with Gasteiger partial charge in [0.15, 0.2) is 0 Å². The van der Waals surface area contributed by atoms with Gasteiger partial charge in [-0.05, 0) is 50.9 Å². The Balaban J connectivity index is 1.74. The van der Waals surface area contributed by atoms with Crippen molar-refractivity contribution in [1.82, 2.24) is 9.88 Å². The maximum Gasteiger partial charge on any atom is 0.129 e. The molecule has 1 N–H and O–H groups in total. The first kappa shape index (κ1) is 11.3. The van der Waals surface area contributed by atoms with Gasteiger partial charge in [-0.3, -0.25) is 0 Å². The van der Waals surface area contributed by atoms with Crippen LogP contribution in [0.5, 0.6) is 0 Å². The molecule has 0 aliphatic carbocycles. The molecule has 0 saturated carbocycles. The average Bonchev–Trinajstić information content (AvgIpc) is 2.34. The molecule has 4 heteroatoms. The van der Waals surface area contributed by atoms with Crippen LogP contribution >= 0.6 is 11.6 Å². The van der Waals surface area contributed by atoms with Crippen molar-refractivity contribution < 1.29 is 0 Å². The molecule has 0 spiro atoms. The highest BCUT2D eigenvalue weighted by Crippen LogP contribution is 2.30. The fraction of sp³-hybridized carbons (Fsp3) is 0.615. The van der Waals surface area contributed by atoms with Crippen LogP contribution in [-0.2, 0) is 0 Å². The van der Waals surface area contributed by atoms with Crippen LogP contribution in [0.3, 0.4) is 0 Å². The van der Waals surface area contributed by atoms with Crippen molar-refractivity contribution in [2.24, 2.45) is 5.92 Å². The van der Waals surface area contributed by atoms with Crippen molar-refractivity contribution in [3.8, 4) is 0 Å². The van der Waals surface area contributed by atoms with Gasteiger partial charge in [0.2, 0.25) is 0 Å². The van der Waals surface area contributed by atoms with Gasteiger partial charge in [-0.15, -0.1) is 0 Å². The second kappa shape index (κ2) is 4.46. The van der Waals surface area contributed by atoms with Gasteiger partial charge < -0.3 is 10.2 Å². The molecular formula is C13H18ClN3. The number of hydrogen-bond acceptors (Lipinski definition) is 3. The number of aryl methyl sites for hydroxylation is 1. The van der Waals surface area contributed by atoms with E-state index in [1.807, 2.05) is 19.1 Å². The van der Waals surface area contributed by atoms with Crippen molar-refractivity contribution >= 4 is 17.3 Å². The van der Waals surface area contributed by atoms with Crippen molar-refractivity contribution in [2.75, 3.05) is 25.0 Å². The van der Waals surface area contributed by atoms with Gasteiger partial charge in [-0.2, -0.15) is 0 Å². The van der Waals surface area contributed by atoms with Gasteiger partial charge in [0.25, 0.3) is 0 Å². The lowest BCUT2D eigenvalue weighted by Crippen LogP contribution is -2.53. The maximum absolute atomic E-state index is 5.88. The lowest BCUT2D eigenvalue weighted by atomic mass is 9.84. The van der Waals surface area contributed by atoms with E-state index in [9.17, 15) is 0 Å². The summed E-state index contributed by atoms with van der Waals surface area (Å²) >= 11 is 5.88. The number of fused-ring (bicyclic) bond motifs is 3. The Morgan fingerprint density at radius 3 is 2.71 bits per heavy atom. The first-order chi connectivity index (χ1) is 8.22. The Labute approximate surface area is 107 Å². The van der Waals surface area contributed by atoms with Gasteiger partial charge >= 0.3 is 0 Å². The van der Waals surface area contributed by atoms with Crippen LogP contribution in [-0.4, -0.2) is 35.6 Å². The fourth-order valence-corrected chi connectivity index (χ4v) is 3.20. The summed E-state index contributed by atoms with van der Waals surface area (Å²) in [4.78, 5) is 6.84. The minimum atomic E-state index is 0.571. The van der Waals surface area contributed by atoms with Crippen molar-refractivity contribution in [2.45, 2.75) is 25.8 Å². The maximum atomic E-state index is 5.88. The van der Waals surface area contributed by atoms with E-state index in [2.05, 4.69) is 15.2 Å². The highest BCUT2D eigenvalue weighted by molar-refractivity contribution is 6.29. The first-order valence-corrected chi connectivity index (χ1v) is 6.72. The Morgan fingerprint density at radius 2 is 2.12 bits per heavy atom. The average molecular weight is 252 g/mol. The van der Waals surface area contributed by atoms with Crippen LogP contribution in [0.15, 0.2) is 12.1 Å². The molecule has 3 aliphatic heterocycles. The SMILES string of the molecule is Cc1nc(Cl)ccc1NC1CN2CCC1CC2. The summed E-state index contributed by atoms with van der Waals surface area (Å²) in [5, 5.41) is 4.22. The van der Waals surface area contributed by atoms with Crippen LogP contribution in [0.25, 0.3) is 0 Å². The van der Waals surface area contributed by atoms with Gasteiger partial charge in [0.05, 0.1) is 11.4 Å². The van der Waals surface area contributed by atoms with E-state index in [0.29, 0.717) is 11.2 Å². The zero-order chi connectivity index (χ0) is 11.8. The van der Waals surface area contributed by atoms with E-state index in [0.717, 1.165) is 17.3 Å². The van der Waals surface area contributed by atoms with E-state index in [1.165, 1.54) is 32.5 Å². The van der Waals surface area contributed by atoms with Crippen LogP contribution in [0, 0.1) is 12.8 Å². The molecule has 3 nitrogen and oxygen atoms in total. The van der Waals surface area contributed by atoms with Crippen LogP contribution < -0.4 is 5.32 Å². The Hall–Kier alpha value is -0.800. The number of pyridine rings is 1. The third-order valence-electron chi connectivity index (χ3n) is 4.05. The molecule has 3 saturated heterocycles. The van der Waals surface area contributed by atoms with Crippen LogP contribution in [0.1, 0.15) is 18.5 Å². The minimum Gasteiger partial charge on any atom is -0.379 e. The van der Waals surface area contributed by atoms with Crippen LogP contribution in [0.2, 0.25) is 5.15 Å². The highest BCUT2D eigenvalue weighted by Gasteiger charge is 2.34. The molecule has 4 rings (SSSR count). The van der Waals surface area contributed by atoms with Crippen molar-refractivity contribution in [1.29, 1.82) is 0 Å². The zero-order valence-electron chi connectivity index (χ0n) is 10.1. The summed E-state index contributed by atoms with van der Waals surface area (Å²) in [6, 6.07) is 4.49. The standard InChI is InChI=1S/C13H18ClN3/c1-9-11(2-3-13(14)15-9)16-12-8-17-6-4-10(12)5-7-17/h2-3,10,12,16H,4-8H2,1H3. The number of anilines is 1. The summed E-state index contributed by atoms with van der Waals surface area (Å²) in [5.74, 6) is 0.829. The van der Waals surface area contributed by atoms with Gasteiger partial charge in [-0.25, -0.2) is 4.98 Å². The normalized spacial score (nSPS) is 31.5. The third kappa shape index (κ3) is 2.26. The van der Waals surface area contributed by atoms with Gasteiger partial charge in [0.1, 0.15) is 5.15 Å². The quantitative estimate of drug-likeness (QED) is 0.819. The predicted octanol–water partition coefficient (Wildman–Crippen LogP) is 2.55. The fourth-order valence-electron chi connectivity index (χ4n) is 3.01. The third-order valence-corrected chi connectivity index (χ3v) is 4.26. The van der Waals surface area contributed by atoms with E-state index in [-0.39, 0.29) is 0 Å².